The molecule has 4 rings (SSSR count). The number of carbonyl (C=O) groups excluding carboxylic acids is 2. The van der Waals surface area contributed by atoms with Crippen LogP contribution >= 0.6 is 0 Å². The number of nitrogens with one attached hydrogen (secondary N) is 1. The molecule has 10 nitrogen and oxygen atoms in total. The van der Waals surface area contributed by atoms with Crippen molar-refractivity contribution < 1.29 is 23.5 Å². The van der Waals surface area contributed by atoms with E-state index in [2.05, 4.69) is 20.8 Å². The number of hydrogen-bond acceptors (Lipinski definition) is 9. The van der Waals surface area contributed by atoms with E-state index in [4.69, 9.17) is 13.9 Å². The lowest BCUT2D eigenvalue weighted by molar-refractivity contribution is -0.136. The van der Waals surface area contributed by atoms with E-state index in [1.807, 2.05) is 0 Å². The molecule has 10 heteroatoms. The molecule has 0 aliphatic carbocycles. The van der Waals surface area contributed by atoms with Gasteiger partial charge in [0.15, 0.2) is 5.78 Å². The molecule has 0 bridgehead atoms. The SMILES string of the molecule is COC(=O)C1=C(C(=O)c2cccc(OC)c2)[C@@H](c2ccco2)n2nnnc2N1. The van der Waals surface area contributed by atoms with Crippen LogP contribution in [0.4, 0.5) is 5.95 Å². The number of fused-ring (bicyclic) bond motifs is 1. The number of methoxy groups -OCH3 is 2. The van der Waals surface area contributed by atoms with Crippen molar-refractivity contribution in [1.29, 1.82) is 0 Å². The van der Waals surface area contributed by atoms with Gasteiger partial charge in [0.2, 0.25) is 5.95 Å². The topological polar surface area (TPSA) is 121 Å². The zero-order chi connectivity index (χ0) is 19.7. The number of carbonyl (C=O) groups is 2. The molecule has 0 saturated heterocycles. The highest BCUT2D eigenvalue weighted by atomic mass is 16.5. The molecule has 1 aromatic carbocycles. The van der Waals surface area contributed by atoms with Crippen LogP contribution in [0.1, 0.15) is 22.2 Å². The maximum absolute atomic E-state index is 13.5. The molecule has 1 N–H and O–H groups in total. The first kappa shape index (κ1) is 17.5. The first-order valence-corrected chi connectivity index (χ1v) is 8.23. The lowest BCUT2D eigenvalue weighted by Crippen LogP contribution is -2.32. The van der Waals surface area contributed by atoms with Gasteiger partial charge in [-0.05, 0) is 34.7 Å². The number of ketones is 1. The Morgan fingerprint density at radius 3 is 2.79 bits per heavy atom. The van der Waals surface area contributed by atoms with Crippen LogP contribution in [0.2, 0.25) is 0 Å². The van der Waals surface area contributed by atoms with E-state index in [0.29, 0.717) is 17.1 Å². The van der Waals surface area contributed by atoms with Crippen LogP contribution in [0.15, 0.2) is 58.3 Å². The van der Waals surface area contributed by atoms with Gasteiger partial charge in [0, 0.05) is 5.56 Å². The highest BCUT2D eigenvalue weighted by Gasteiger charge is 2.39. The first-order chi connectivity index (χ1) is 13.6. The van der Waals surface area contributed by atoms with Crippen molar-refractivity contribution in [3.05, 3.63) is 65.3 Å². The molecule has 0 amide bonds. The van der Waals surface area contributed by atoms with Crippen LogP contribution in [0.3, 0.4) is 0 Å². The monoisotopic (exact) mass is 381 g/mol. The van der Waals surface area contributed by atoms with Crippen molar-refractivity contribution in [2.45, 2.75) is 6.04 Å². The number of ether oxygens (including phenoxy) is 2. The van der Waals surface area contributed by atoms with Gasteiger partial charge in [0.1, 0.15) is 23.2 Å². The second-order valence-electron chi connectivity index (χ2n) is 5.83. The van der Waals surface area contributed by atoms with E-state index >= 15 is 0 Å². The maximum atomic E-state index is 13.5. The van der Waals surface area contributed by atoms with Gasteiger partial charge in [-0.3, -0.25) is 4.79 Å². The average molecular weight is 381 g/mol. The van der Waals surface area contributed by atoms with Crippen molar-refractivity contribution in [3.8, 4) is 5.75 Å². The summed E-state index contributed by atoms with van der Waals surface area (Å²) >= 11 is 0. The Morgan fingerprint density at radius 2 is 2.07 bits per heavy atom. The minimum absolute atomic E-state index is 0.0565. The number of hydrogen-bond donors (Lipinski definition) is 1. The predicted molar refractivity (Wildman–Crippen MR) is 94.7 cm³/mol. The average Bonchev–Trinajstić information content (AvgIpc) is 3.43. The second kappa shape index (κ2) is 6.99. The van der Waals surface area contributed by atoms with Gasteiger partial charge >= 0.3 is 5.97 Å². The smallest absolute Gasteiger partial charge is 0.355 e. The van der Waals surface area contributed by atoms with E-state index in [0.717, 1.165) is 0 Å². The molecule has 142 valence electrons. The van der Waals surface area contributed by atoms with Crippen molar-refractivity contribution in [1.82, 2.24) is 20.2 Å². The Hall–Kier alpha value is -3.95. The molecule has 28 heavy (non-hydrogen) atoms. The number of furan rings is 1. The maximum Gasteiger partial charge on any atom is 0.355 e. The summed E-state index contributed by atoms with van der Waals surface area (Å²) in [6.07, 6.45) is 1.47. The van der Waals surface area contributed by atoms with Crippen LogP contribution in [-0.4, -0.2) is 46.2 Å². The zero-order valence-electron chi connectivity index (χ0n) is 14.9. The third-order valence-electron chi connectivity index (χ3n) is 4.30. The van der Waals surface area contributed by atoms with Gasteiger partial charge in [0.05, 0.1) is 26.1 Å². The van der Waals surface area contributed by atoms with E-state index in [-0.39, 0.29) is 17.2 Å². The summed E-state index contributed by atoms with van der Waals surface area (Å²) in [6, 6.07) is 9.11. The van der Waals surface area contributed by atoms with E-state index in [1.54, 1.807) is 36.4 Å². The Kier molecular flexibility index (Phi) is 4.36. The van der Waals surface area contributed by atoms with E-state index in [9.17, 15) is 9.59 Å². The van der Waals surface area contributed by atoms with Gasteiger partial charge in [-0.25, -0.2) is 4.79 Å². The Labute approximate surface area is 158 Å². The highest BCUT2D eigenvalue weighted by Crippen LogP contribution is 2.37. The minimum Gasteiger partial charge on any atom is -0.497 e. The van der Waals surface area contributed by atoms with Crippen LogP contribution in [0, 0.1) is 0 Å². The molecule has 0 spiro atoms. The van der Waals surface area contributed by atoms with Gasteiger partial charge in [-0.15, -0.1) is 0 Å². The Balaban J connectivity index is 1.93. The molecule has 3 aromatic rings. The summed E-state index contributed by atoms with van der Waals surface area (Å²) in [7, 11) is 2.73. The fraction of sp³-hybridized carbons (Fsp3) is 0.167. The number of benzene rings is 1. The largest absolute Gasteiger partial charge is 0.497 e. The predicted octanol–water partition coefficient (Wildman–Crippen LogP) is 1.60. The third-order valence-corrected chi connectivity index (χ3v) is 4.30. The van der Waals surface area contributed by atoms with Crippen LogP contribution in [0.5, 0.6) is 5.75 Å². The third kappa shape index (κ3) is 2.80. The van der Waals surface area contributed by atoms with Crippen molar-refractivity contribution >= 4 is 17.7 Å². The van der Waals surface area contributed by atoms with E-state index < -0.39 is 17.8 Å². The number of allylic oxidation sites excluding steroid dienone is 1. The number of rotatable bonds is 5. The molecule has 3 heterocycles. The molecule has 2 aromatic heterocycles. The van der Waals surface area contributed by atoms with Crippen molar-refractivity contribution in [2.24, 2.45) is 0 Å². The summed E-state index contributed by atoms with van der Waals surface area (Å²) in [5.41, 5.74) is 0.361. The van der Waals surface area contributed by atoms with Gasteiger partial charge in [-0.2, -0.15) is 4.68 Å². The van der Waals surface area contributed by atoms with Gasteiger partial charge in [-0.1, -0.05) is 17.2 Å². The standard InChI is InChI=1S/C18H15N5O5/c1-26-11-6-3-5-10(9-11)16(24)13-14(17(25)27-2)19-18-20-21-22-23(18)15(13)12-7-4-8-28-12/h3-9,15H,1-2H3,(H,19,20,22)/t15-/m1/s1. The minimum atomic E-state index is -0.853. The Morgan fingerprint density at radius 1 is 1.21 bits per heavy atom. The number of Topliss-reactive ketones (excluding diaryl/α,β-unsaturated/α-hetero) is 1. The molecular formula is C18H15N5O5. The second-order valence-corrected chi connectivity index (χ2v) is 5.83. The molecule has 1 aliphatic heterocycles. The molecule has 0 radical (unpaired) electrons. The fourth-order valence-electron chi connectivity index (χ4n) is 3.02. The van der Waals surface area contributed by atoms with Crippen molar-refractivity contribution in [2.75, 3.05) is 19.5 Å². The molecular weight excluding hydrogens is 366 g/mol. The molecule has 0 unspecified atom stereocenters. The molecule has 1 aliphatic rings. The fourth-order valence-corrected chi connectivity index (χ4v) is 3.02. The molecule has 1 atom stereocenters. The Bertz CT molecular complexity index is 1070. The van der Waals surface area contributed by atoms with Gasteiger partial charge in [0.25, 0.3) is 0 Å². The summed E-state index contributed by atoms with van der Waals surface area (Å²) in [6.45, 7) is 0. The number of tetrazole rings is 1. The van der Waals surface area contributed by atoms with Gasteiger partial charge < -0.3 is 19.2 Å². The van der Waals surface area contributed by atoms with Crippen LogP contribution in [0.25, 0.3) is 0 Å². The zero-order valence-corrected chi connectivity index (χ0v) is 14.9. The summed E-state index contributed by atoms with van der Waals surface area (Å²) in [5.74, 6) is -0.0643. The number of esters is 1. The van der Waals surface area contributed by atoms with Crippen LogP contribution in [-0.2, 0) is 9.53 Å². The number of anilines is 1. The molecule has 0 fully saturated rings. The van der Waals surface area contributed by atoms with Crippen LogP contribution < -0.4 is 10.1 Å². The number of nitrogens with zero attached hydrogens (tertiary/aromatic N) is 4. The lowest BCUT2D eigenvalue weighted by Gasteiger charge is -2.26. The van der Waals surface area contributed by atoms with Crippen molar-refractivity contribution in [3.63, 3.8) is 0 Å². The number of aromatic nitrogens is 4. The summed E-state index contributed by atoms with van der Waals surface area (Å²) in [5, 5.41) is 14.2. The quantitative estimate of drug-likeness (QED) is 0.519. The summed E-state index contributed by atoms with van der Waals surface area (Å²) in [4.78, 5) is 25.9. The molecule has 0 saturated carbocycles. The van der Waals surface area contributed by atoms with E-state index in [1.165, 1.54) is 25.2 Å². The normalized spacial score (nSPS) is 15.6. The first-order valence-electron chi connectivity index (χ1n) is 8.23. The summed E-state index contributed by atoms with van der Waals surface area (Å²) < 4.78 is 17.0. The lowest BCUT2D eigenvalue weighted by atomic mass is 9.92. The highest BCUT2D eigenvalue weighted by molar-refractivity contribution is 6.15.